The van der Waals surface area contributed by atoms with Crippen LogP contribution in [0.2, 0.25) is 0 Å². The first-order valence-corrected chi connectivity index (χ1v) is 10.5. The first-order chi connectivity index (χ1) is 16.4. The van der Waals surface area contributed by atoms with Gasteiger partial charge in [-0.25, -0.2) is 4.39 Å². The molecule has 10 heteroatoms. The van der Waals surface area contributed by atoms with Crippen LogP contribution in [0.3, 0.4) is 0 Å². The van der Waals surface area contributed by atoms with Gasteiger partial charge in [-0.15, -0.1) is 5.10 Å². The summed E-state index contributed by atoms with van der Waals surface area (Å²) in [6, 6.07) is 11.4. The number of benzene rings is 2. The van der Waals surface area contributed by atoms with E-state index in [9.17, 15) is 14.0 Å². The van der Waals surface area contributed by atoms with E-state index < -0.39 is 17.5 Å². The second-order valence-corrected chi connectivity index (χ2v) is 7.16. The van der Waals surface area contributed by atoms with Crippen molar-refractivity contribution >= 4 is 5.91 Å². The largest absolute Gasteiger partial charge is 0.493 e. The number of nitrogens with zero attached hydrogens (tertiary/aromatic N) is 2. The molecule has 9 nitrogen and oxygen atoms in total. The van der Waals surface area contributed by atoms with Gasteiger partial charge in [0.2, 0.25) is 11.6 Å². The normalized spacial score (nSPS) is 11.4. The fraction of sp³-hybridized carbons (Fsp3) is 0.292. The maximum Gasteiger partial charge on any atom is 0.271 e. The smallest absolute Gasteiger partial charge is 0.271 e. The lowest BCUT2D eigenvalue weighted by Crippen LogP contribution is -2.38. The number of aromatic nitrogens is 2. The van der Waals surface area contributed by atoms with Crippen molar-refractivity contribution in [2.24, 2.45) is 0 Å². The predicted octanol–water partition coefficient (Wildman–Crippen LogP) is 2.87. The van der Waals surface area contributed by atoms with Crippen LogP contribution >= 0.6 is 0 Å². The quantitative estimate of drug-likeness (QED) is 0.485. The van der Waals surface area contributed by atoms with Gasteiger partial charge >= 0.3 is 0 Å². The molecule has 1 amide bonds. The number of carbonyl (C=O) groups is 1. The van der Waals surface area contributed by atoms with Gasteiger partial charge in [-0.05, 0) is 48.4 Å². The number of amides is 1. The van der Waals surface area contributed by atoms with Gasteiger partial charge in [0.1, 0.15) is 5.82 Å². The summed E-state index contributed by atoms with van der Waals surface area (Å²) < 4.78 is 36.0. The first-order valence-electron chi connectivity index (χ1n) is 10.5. The van der Waals surface area contributed by atoms with Crippen LogP contribution in [0.1, 0.15) is 18.9 Å². The molecule has 0 saturated heterocycles. The summed E-state index contributed by atoms with van der Waals surface area (Å²) >= 11 is 0. The maximum atomic E-state index is 13.2. The Balaban J connectivity index is 1.73. The molecule has 1 aromatic heterocycles. The van der Waals surface area contributed by atoms with E-state index in [-0.39, 0.29) is 18.3 Å². The molecule has 0 fully saturated rings. The van der Waals surface area contributed by atoms with Crippen LogP contribution in [0.4, 0.5) is 4.39 Å². The van der Waals surface area contributed by atoms with Gasteiger partial charge in [0, 0.05) is 18.7 Å². The third kappa shape index (κ3) is 5.64. The topological polar surface area (TPSA) is 101 Å². The second-order valence-electron chi connectivity index (χ2n) is 7.16. The zero-order valence-electron chi connectivity index (χ0n) is 19.3. The van der Waals surface area contributed by atoms with E-state index in [0.717, 1.165) is 10.2 Å². The standard InChI is InChI=1S/C24H26FN3O6/c1-5-18(24(30)26-14-15-12-19(31-2)23(33-4)20(13-15)32-3)34-21-10-11-22(29)28(27-21)17-8-6-16(25)7-9-17/h6-13,18H,5,14H2,1-4H3,(H,26,30)/t18-/m1/s1. The highest BCUT2D eigenvalue weighted by Crippen LogP contribution is 2.38. The Morgan fingerprint density at radius 2 is 1.68 bits per heavy atom. The molecule has 34 heavy (non-hydrogen) atoms. The van der Waals surface area contributed by atoms with Crippen LogP contribution in [-0.4, -0.2) is 43.1 Å². The summed E-state index contributed by atoms with van der Waals surface area (Å²) in [6.45, 7) is 1.98. The molecule has 0 bridgehead atoms. The van der Waals surface area contributed by atoms with E-state index in [1.807, 2.05) is 0 Å². The van der Waals surface area contributed by atoms with Gasteiger partial charge in [0.25, 0.3) is 11.5 Å². The van der Waals surface area contributed by atoms with Crippen molar-refractivity contribution in [2.75, 3.05) is 21.3 Å². The van der Waals surface area contributed by atoms with Crippen molar-refractivity contribution in [3.63, 3.8) is 0 Å². The molecule has 180 valence electrons. The minimum atomic E-state index is -0.853. The molecule has 1 heterocycles. The van der Waals surface area contributed by atoms with Gasteiger partial charge in [0.05, 0.1) is 27.0 Å². The fourth-order valence-electron chi connectivity index (χ4n) is 3.23. The van der Waals surface area contributed by atoms with E-state index in [4.69, 9.17) is 18.9 Å². The summed E-state index contributed by atoms with van der Waals surface area (Å²) in [5.41, 5.74) is 0.691. The molecule has 0 aliphatic carbocycles. The minimum absolute atomic E-state index is 0.0821. The van der Waals surface area contributed by atoms with Gasteiger partial charge in [-0.1, -0.05) is 6.92 Å². The fourth-order valence-corrected chi connectivity index (χ4v) is 3.23. The number of rotatable bonds is 10. The van der Waals surface area contributed by atoms with Crippen LogP contribution in [0.15, 0.2) is 53.3 Å². The zero-order valence-corrected chi connectivity index (χ0v) is 19.3. The Kier molecular flexibility index (Phi) is 8.07. The van der Waals surface area contributed by atoms with E-state index in [1.54, 1.807) is 19.1 Å². The molecule has 1 atom stereocenters. The number of methoxy groups -OCH3 is 3. The first kappa shape index (κ1) is 24.6. The summed E-state index contributed by atoms with van der Waals surface area (Å²) in [4.78, 5) is 25.0. The number of hydrogen-bond donors (Lipinski definition) is 1. The molecular formula is C24H26FN3O6. The van der Waals surface area contributed by atoms with Crippen molar-refractivity contribution in [2.45, 2.75) is 26.0 Å². The third-order valence-electron chi connectivity index (χ3n) is 4.96. The predicted molar refractivity (Wildman–Crippen MR) is 122 cm³/mol. The third-order valence-corrected chi connectivity index (χ3v) is 4.96. The average Bonchev–Trinajstić information content (AvgIpc) is 2.86. The van der Waals surface area contributed by atoms with Gasteiger partial charge < -0.3 is 24.3 Å². The van der Waals surface area contributed by atoms with Gasteiger partial charge in [-0.3, -0.25) is 9.59 Å². The number of ether oxygens (including phenoxy) is 4. The number of carbonyl (C=O) groups excluding carboxylic acids is 1. The Hall–Kier alpha value is -4.08. The molecule has 3 aromatic rings. The lowest BCUT2D eigenvalue weighted by atomic mass is 10.1. The lowest BCUT2D eigenvalue weighted by molar-refractivity contribution is -0.128. The van der Waals surface area contributed by atoms with Crippen LogP contribution in [0.25, 0.3) is 5.69 Å². The van der Waals surface area contributed by atoms with E-state index in [0.29, 0.717) is 29.4 Å². The highest BCUT2D eigenvalue weighted by molar-refractivity contribution is 5.81. The molecule has 0 unspecified atom stereocenters. The monoisotopic (exact) mass is 471 g/mol. The Morgan fingerprint density at radius 1 is 1.03 bits per heavy atom. The summed E-state index contributed by atoms with van der Waals surface area (Å²) in [5.74, 6) is 0.691. The SMILES string of the molecule is CC[C@@H](Oc1ccc(=O)n(-c2ccc(F)cc2)n1)C(=O)NCc1cc(OC)c(OC)c(OC)c1. The van der Waals surface area contributed by atoms with Crippen molar-refractivity contribution < 1.29 is 28.1 Å². The summed E-state index contributed by atoms with van der Waals surface area (Å²) in [6.07, 6.45) is -0.493. The lowest BCUT2D eigenvalue weighted by Gasteiger charge is -2.18. The molecule has 0 aliphatic heterocycles. The number of hydrogen-bond acceptors (Lipinski definition) is 7. The van der Waals surface area contributed by atoms with Crippen LogP contribution < -0.4 is 29.8 Å². The van der Waals surface area contributed by atoms with Crippen LogP contribution in [0, 0.1) is 5.82 Å². The van der Waals surface area contributed by atoms with Crippen molar-refractivity contribution in [3.8, 4) is 28.8 Å². The van der Waals surface area contributed by atoms with Crippen LogP contribution in [0.5, 0.6) is 23.1 Å². The Morgan fingerprint density at radius 3 is 2.24 bits per heavy atom. The van der Waals surface area contributed by atoms with E-state index in [2.05, 4.69) is 10.4 Å². The zero-order chi connectivity index (χ0) is 24.7. The Labute approximate surface area is 196 Å². The second kappa shape index (κ2) is 11.2. The summed E-state index contributed by atoms with van der Waals surface area (Å²) in [5, 5.41) is 6.98. The minimum Gasteiger partial charge on any atom is -0.493 e. The molecule has 0 radical (unpaired) electrons. The summed E-state index contributed by atoms with van der Waals surface area (Å²) in [7, 11) is 4.54. The molecule has 1 N–H and O–H groups in total. The number of nitrogens with one attached hydrogen (secondary N) is 1. The highest BCUT2D eigenvalue weighted by Gasteiger charge is 2.20. The van der Waals surface area contributed by atoms with Crippen molar-refractivity contribution in [1.29, 1.82) is 0 Å². The molecule has 3 rings (SSSR count). The molecule has 0 spiro atoms. The van der Waals surface area contributed by atoms with Gasteiger partial charge in [-0.2, -0.15) is 4.68 Å². The van der Waals surface area contributed by atoms with E-state index in [1.165, 1.54) is 57.7 Å². The maximum absolute atomic E-state index is 13.2. The molecule has 0 aliphatic rings. The van der Waals surface area contributed by atoms with Crippen molar-refractivity contribution in [3.05, 3.63) is 70.3 Å². The van der Waals surface area contributed by atoms with Crippen LogP contribution in [-0.2, 0) is 11.3 Å². The van der Waals surface area contributed by atoms with E-state index >= 15 is 0 Å². The molecule has 2 aromatic carbocycles. The highest BCUT2D eigenvalue weighted by atomic mass is 19.1. The average molecular weight is 471 g/mol. The number of halogens is 1. The Bertz CT molecular complexity index is 1170. The molecule has 0 saturated carbocycles. The van der Waals surface area contributed by atoms with Crippen molar-refractivity contribution in [1.82, 2.24) is 15.1 Å². The molecular weight excluding hydrogens is 445 g/mol. The van der Waals surface area contributed by atoms with Gasteiger partial charge in [0.15, 0.2) is 17.6 Å².